The maximum absolute atomic E-state index is 11.8. The molecule has 1 aliphatic rings. The molecule has 0 aliphatic carbocycles. The lowest BCUT2D eigenvalue weighted by molar-refractivity contribution is -0.122. The van der Waals surface area contributed by atoms with Crippen LogP contribution in [0.1, 0.15) is 12.8 Å². The van der Waals surface area contributed by atoms with Crippen molar-refractivity contribution in [2.45, 2.75) is 18.9 Å². The summed E-state index contributed by atoms with van der Waals surface area (Å²) >= 11 is 0. The average Bonchev–Trinajstić information content (AvgIpc) is 2.47. The van der Waals surface area contributed by atoms with Gasteiger partial charge in [0, 0.05) is 24.7 Å². The number of ether oxygens (including phenoxy) is 1. The van der Waals surface area contributed by atoms with Crippen molar-refractivity contribution >= 4 is 17.5 Å². The molecule has 0 saturated carbocycles. The molecule has 0 spiro atoms. The third-order valence-corrected chi connectivity index (χ3v) is 3.19. The molecule has 0 aromatic heterocycles. The summed E-state index contributed by atoms with van der Waals surface area (Å²) in [6, 6.07) is 7.32. The highest BCUT2D eigenvalue weighted by molar-refractivity contribution is 5.92. The Hall–Kier alpha value is -2.08. The predicted octanol–water partition coefficient (Wildman–Crippen LogP) is 0.502. The van der Waals surface area contributed by atoms with Gasteiger partial charge in [0.2, 0.25) is 11.8 Å². The lowest BCUT2D eigenvalue weighted by Crippen LogP contribution is -2.47. The fourth-order valence-corrected chi connectivity index (χ4v) is 2.02. The Morgan fingerprint density at radius 3 is 2.75 bits per heavy atom. The van der Waals surface area contributed by atoms with Gasteiger partial charge < -0.3 is 20.7 Å². The molecule has 1 atom stereocenters. The van der Waals surface area contributed by atoms with Gasteiger partial charge in [-0.25, -0.2) is 0 Å². The van der Waals surface area contributed by atoms with Gasteiger partial charge in [-0.15, -0.1) is 0 Å². The molecule has 20 heavy (non-hydrogen) atoms. The number of amides is 2. The smallest absolute Gasteiger partial charge is 0.238 e. The van der Waals surface area contributed by atoms with E-state index in [0.717, 1.165) is 17.9 Å². The van der Waals surface area contributed by atoms with E-state index in [1.165, 1.54) is 0 Å². The monoisotopic (exact) mass is 277 g/mol. The molecule has 6 nitrogen and oxygen atoms in total. The van der Waals surface area contributed by atoms with Crippen LogP contribution >= 0.6 is 0 Å². The molecule has 3 N–H and O–H groups in total. The first-order chi connectivity index (χ1) is 9.67. The third kappa shape index (κ3) is 4.24. The molecule has 1 heterocycles. The Balaban J connectivity index is 1.73. The van der Waals surface area contributed by atoms with Crippen LogP contribution in [0, 0.1) is 0 Å². The van der Waals surface area contributed by atoms with Gasteiger partial charge in [0.05, 0.1) is 13.7 Å². The van der Waals surface area contributed by atoms with Crippen LogP contribution in [0.15, 0.2) is 24.3 Å². The summed E-state index contributed by atoms with van der Waals surface area (Å²) in [4.78, 5) is 22.8. The predicted molar refractivity (Wildman–Crippen MR) is 75.7 cm³/mol. The number of nitrogens with one attached hydrogen (secondary N) is 3. The van der Waals surface area contributed by atoms with E-state index in [2.05, 4.69) is 16.0 Å². The fraction of sp³-hybridized carbons (Fsp3) is 0.429. The summed E-state index contributed by atoms with van der Waals surface area (Å²) in [7, 11) is 1.60. The average molecular weight is 277 g/mol. The van der Waals surface area contributed by atoms with Gasteiger partial charge in [0.1, 0.15) is 5.75 Å². The number of benzene rings is 1. The number of anilines is 1. The number of hydrogen-bond donors (Lipinski definition) is 3. The summed E-state index contributed by atoms with van der Waals surface area (Å²) in [5.41, 5.74) is 0.731. The molecular weight excluding hydrogens is 258 g/mol. The maximum atomic E-state index is 11.8. The minimum Gasteiger partial charge on any atom is -0.497 e. The van der Waals surface area contributed by atoms with Crippen LogP contribution in [-0.4, -0.2) is 38.1 Å². The van der Waals surface area contributed by atoms with Crippen LogP contribution in [0.25, 0.3) is 0 Å². The van der Waals surface area contributed by atoms with Gasteiger partial charge in [-0.3, -0.25) is 9.59 Å². The summed E-state index contributed by atoms with van der Waals surface area (Å²) in [5.74, 6) is 0.719. The van der Waals surface area contributed by atoms with Crippen molar-refractivity contribution in [3.05, 3.63) is 24.3 Å². The van der Waals surface area contributed by atoms with Crippen LogP contribution in [-0.2, 0) is 9.59 Å². The van der Waals surface area contributed by atoms with E-state index < -0.39 is 0 Å². The normalized spacial score (nSPS) is 18.2. The molecule has 1 unspecified atom stereocenters. The number of hydrogen-bond acceptors (Lipinski definition) is 4. The Kier molecular flexibility index (Phi) is 4.95. The van der Waals surface area contributed by atoms with Gasteiger partial charge in [0.25, 0.3) is 0 Å². The van der Waals surface area contributed by atoms with Crippen molar-refractivity contribution in [2.24, 2.45) is 0 Å². The molecule has 1 fully saturated rings. The molecular formula is C14H19N3O3. The molecule has 1 aromatic rings. The first kappa shape index (κ1) is 14.3. The van der Waals surface area contributed by atoms with E-state index in [-0.39, 0.29) is 24.4 Å². The third-order valence-electron chi connectivity index (χ3n) is 3.19. The number of carbonyl (C=O) groups is 2. The van der Waals surface area contributed by atoms with Crippen LogP contribution in [0.2, 0.25) is 0 Å². The second-order valence-corrected chi connectivity index (χ2v) is 4.70. The Labute approximate surface area is 117 Å². The minimum absolute atomic E-state index is 0.0748. The molecule has 108 valence electrons. The second kappa shape index (κ2) is 6.91. The Morgan fingerprint density at radius 1 is 1.40 bits per heavy atom. The molecule has 6 heteroatoms. The van der Waals surface area contributed by atoms with E-state index in [1.807, 2.05) is 0 Å². The summed E-state index contributed by atoms with van der Waals surface area (Å²) in [6.45, 7) is 0.807. The van der Waals surface area contributed by atoms with E-state index in [9.17, 15) is 9.59 Å². The molecule has 1 saturated heterocycles. The highest BCUT2D eigenvalue weighted by Gasteiger charge is 2.17. The highest BCUT2D eigenvalue weighted by atomic mass is 16.5. The van der Waals surface area contributed by atoms with Gasteiger partial charge in [0.15, 0.2) is 0 Å². The van der Waals surface area contributed by atoms with Crippen molar-refractivity contribution in [2.75, 3.05) is 25.5 Å². The molecule has 0 radical (unpaired) electrons. The zero-order valence-electron chi connectivity index (χ0n) is 11.4. The van der Waals surface area contributed by atoms with Crippen molar-refractivity contribution in [1.82, 2.24) is 10.6 Å². The largest absolute Gasteiger partial charge is 0.497 e. The molecule has 2 rings (SSSR count). The first-order valence-corrected chi connectivity index (χ1v) is 6.61. The lowest BCUT2D eigenvalue weighted by atomic mass is 10.1. The Bertz CT molecular complexity index is 463. The SMILES string of the molecule is COc1ccc(NC(=O)CNC2CCC(=O)NC2)cc1. The lowest BCUT2D eigenvalue weighted by Gasteiger charge is -2.23. The zero-order chi connectivity index (χ0) is 14.4. The standard InChI is InChI=1S/C14H19N3O3/c1-20-12-5-2-10(3-6-12)17-14(19)9-15-11-4-7-13(18)16-8-11/h2-3,5-6,11,15H,4,7-9H2,1H3,(H,16,18)(H,17,19). The quantitative estimate of drug-likeness (QED) is 0.732. The van der Waals surface area contributed by atoms with Gasteiger partial charge in [-0.1, -0.05) is 0 Å². The van der Waals surface area contributed by atoms with Gasteiger partial charge in [-0.05, 0) is 30.7 Å². The van der Waals surface area contributed by atoms with E-state index in [0.29, 0.717) is 13.0 Å². The molecule has 1 aromatic carbocycles. The second-order valence-electron chi connectivity index (χ2n) is 4.70. The van der Waals surface area contributed by atoms with Crippen LogP contribution in [0.5, 0.6) is 5.75 Å². The maximum Gasteiger partial charge on any atom is 0.238 e. The fourth-order valence-electron chi connectivity index (χ4n) is 2.02. The van der Waals surface area contributed by atoms with Gasteiger partial charge >= 0.3 is 0 Å². The summed E-state index contributed by atoms with van der Waals surface area (Å²) < 4.78 is 5.05. The van der Waals surface area contributed by atoms with Crippen LogP contribution in [0.3, 0.4) is 0 Å². The van der Waals surface area contributed by atoms with Gasteiger partial charge in [-0.2, -0.15) is 0 Å². The van der Waals surface area contributed by atoms with E-state index >= 15 is 0 Å². The number of rotatable bonds is 5. The van der Waals surface area contributed by atoms with Crippen molar-refractivity contribution in [1.29, 1.82) is 0 Å². The number of carbonyl (C=O) groups excluding carboxylic acids is 2. The Morgan fingerprint density at radius 2 is 2.15 bits per heavy atom. The topological polar surface area (TPSA) is 79.5 Å². The minimum atomic E-state index is -0.105. The number of piperidine rings is 1. The summed E-state index contributed by atoms with van der Waals surface area (Å²) in [5, 5.41) is 8.70. The van der Waals surface area contributed by atoms with Crippen molar-refractivity contribution in [3.8, 4) is 5.75 Å². The van der Waals surface area contributed by atoms with Crippen molar-refractivity contribution < 1.29 is 14.3 Å². The van der Waals surface area contributed by atoms with Crippen LogP contribution < -0.4 is 20.7 Å². The molecule has 2 amide bonds. The zero-order valence-corrected chi connectivity index (χ0v) is 11.4. The summed E-state index contributed by atoms with van der Waals surface area (Å²) in [6.07, 6.45) is 1.28. The van der Waals surface area contributed by atoms with E-state index in [4.69, 9.17) is 4.74 Å². The molecule has 0 bridgehead atoms. The molecule has 1 aliphatic heterocycles. The van der Waals surface area contributed by atoms with E-state index in [1.54, 1.807) is 31.4 Å². The van der Waals surface area contributed by atoms with Crippen LogP contribution in [0.4, 0.5) is 5.69 Å². The highest BCUT2D eigenvalue weighted by Crippen LogP contribution is 2.14. The first-order valence-electron chi connectivity index (χ1n) is 6.61. The van der Waals surface area contributed by atoms with Crippen molar-refractivity contribution in [3.63, 3.8) is 0 Å². The number of methoxy groups -OCH3 is 1.